The second-order valence-corrected chi connectivity index (χ2v) is 5.49. The molecule has 3 aromatic rings. The van der Waals surface area contributed by atoms with Crippen LogP contribution in [-0.4, -0.2) is 32.5 Å². The van der Waals surface area contributed by atoms with Crippen LogP contribution in [0, 0.1) is 0 Å². The summed E-state index contributed by atoms with van der Waals surface area (Å²) in [6, 6.07) is 8.17. The minimum Gasteiger partial charge on any atom is -0.367 e. The number of nitrogens with zero attached hydrogens (tertiary/aromatic N) is 4. The van der Waals surface area contributed by atoms with Crippen molar-refractivity contribution in [1.82, 2.24) is 19.9 Å². The van der Waals surface area contributed by atoms with E-state index in [9.17, 15) is 0 Å². The summed E-state index contributed by atoms with van der Waals surface area (Å²) in [6.07, 6.45) is 6.62. The molecule has 1 unspecified atom stereocenters. The fourth-order valence-electron chi connectivity index (χ4n) is 2.51. The maximum atomic E-state index is 5.64. The number of hydrogen-bond acceptors (Lipinski definition) is 6. The summed E-state index contributed by atoms with van der Waals surface area (Å²) >= 11 is 0. The van der Waals surface area contributed by atoms with E-state index in [4.69, 9.17) is 5.73 Å². The molecule has 0 bridgehead atoms. The fourth-order valence-corrected chi connectivity index (χ4v) is 2.51. The topological polar surface area (TPSA) is 89.6 Å². The average molecular weight is 308 g/mol. The number of anilines is 1. The van der Waals surface area contributed by atoms with Crippen molar-refractivity contribution in [2.75, 3.05) is 11.9 Å². The number of para-hydroxylation sites is 1. The van der Waals surface area contributed by atoms with E-state index in [1.807, 2.05) is 24.3 Å². The maximum absolute atomic E-state index is 5.64. The third-order valence-corrected chi connectivity index (χ3v) is 3.53. The molecule has 6 nitrogen and oxygen atoms in total. The molecule has 0 aliphatic rings. The second kappa shape index (κ2) is 7.11. The molecule has 0 amide bonds. The molecule has 3 N–H and O–H groups in total. The summed E-state index contributed by atoms with van der Waals surface area (Å²) in [5.74, 6) is 1.61. The molecule has 3 rings (SSSR count). The molecule has 0 aliphatic heterocycles. The first kappa shape index (κ1) is 15.3. The lowest BCUT2D eigenvalue weighted by Gasteiger charge is -2.16. The van der Waals surface area contributed by atoms with Crippen LogP contribution in [0.1, 0.15) is 18.4 Å². The van der Waals surface area contributed by atoms with Gasteiger partial charge in [0.15, 0.2) is 0 Å². The van der Waals surface area contributed by atoms with Crippen LogP contribution in [0.3, 0.4) is 0 Å². The Bertz CT molecular complexity index is 774. The summed E-state index contributed by atoms with van der Waals surface area (Å²) in [6.45, 7) is 2.64. The van der Waals surface area contributed by atoms with Crippen LogP contribution in [0.25, 0.3) is 10.9 Å². The van der Waals surface area contributed by atoms with Gasteiger partial charge >= 0.3 is 0 Å². The Morgan fingerprint density at radius 1 is 1.17 bits per heavy atom. The van der Waals surface area contributed by atoms with Crippen LogP contribution in [0.5, 0.6) is 0 Å². The SMILES string of the molecule is CC(Cc1cnccn1)Nc1nc(CCN)nc2ccccc12. The fraction of sp³-hybridized carbons (Fsp3) is 0.294. The van der Waals surface area contributed by atoms with Gasteiger partial charge in [-0.05, 0) is 25.6 Å². The molecule has 0 saturated heterocycles. The molecule has 2 aromatic heterocycles. The van der Waals surface area contributed by atoms with Gasteiger partial charge in [0.25, 0.3) is 0 Å². The number of rotatable bonds is 6. The highest BCUT2D eigenvalue weighted by atomic mass is 15.1. The van der Waals surface area contributed by atoms with E-state index in [1.165, 1.54) is 0 Å². The Morgan fingerprint density at radius 2 is 2.04 bits per heavy atom. The van der Waals surface area contributed by atoms with Crippen LogP contribution >= 0.6 is 0 Å². The minimum absolute atomic E-state index is 0.177. The molecule has 0 spiro atoms. The molecule has 0 fully saturated rings. The van der Waals surface area contributed by atoms with Crippen molar-refractivity contribution in [3.05, 3.63) is 54.4 Å². The van der Waals surface area contributed by atoms with Gasteiger partial charge in [-0.3, -0.25) is 9.97 Å². The van der Waals surface area contributed by atoms with Crippen molar-refractivity contribution in [3.63, 3.8) is 0 Å². The average Bonchev–Trinajstić information content (AvgIpc) is 2.56. The third kappa shape index (κ3) is 3.78. The zero-order valence-corrected chi connectivity index (χ0v) is 13.1. The van der Waals surface area contributed by atoms with Crippen molar-refractivity contribution >= 4 is 16.7 Å². The van der Waals surface area contributed by atoms with E-state index in [-0.39, 0.29) is 6.04 Å². The van der Waals surface area contributed by atoms with Gasteiger partial charge in [-0.25, -0.2) is 9.97 Å². The zero-order chi connectivity index (χ0) is 16.1. The highest BCUT2D eigenvalue weighted by Crippen LogP contribution is 2.21. The van der Waals surface area contributed by atoms with Gasteiger partial charge in [0, 0.05) is 42.9 Å². The molecule has 0 aliphatic carbocycles. The van der Waals surface area contributed by atoms with Gasteiger partial charge in [-0.15, -0.1) is 0 Å². The van der Waals surface area contributed by atoms with Crippen molar-refractivity contribution in [2.45, 2.75) is 25.8 Å². The van der Waals surface area contributed by atoms with Gasteiger partial charge in [0.1, 0.15) is 11.6 Å². The Hall–Kier alpha value is -2.60. The Morgan fingerprint density at radius 3 is 2.83 bits per heavy atom. The summed E-state index contributed by atoms with van der Waals surface area (Å²) < 4.78 is 0. The molecule has 6 heteroatoms. The molecular formula is C17H20N6. The molecule has 0 radical (unpaired) electrons. The Kier molecular flexibility index (Phi) is 4.73. The van der Waals surface area contributed by atoms with Gasteiger partial charge in [-0.1, -0.05) is 12.1 Å². The molecule has 1 aromatic carbocycles. The lowest BCUT2D eigenvalue weighted by Crippen LogP contribution is -2.20. The number of hydrogen-bond donors (Lipinski definition) is 2. The van der Waals surface area contributed by atoms with Gasteiger partial charge in [-0.2, -0.15) is 0 Å². The molecular weight excluding hydrogens is 288 g/mol. The maximum Gasteiger partial charge on any atom is 0.137 e. The van der Waals surface area contributed by atoms with E-state index < -0.39 is 0 Å². The third-order valence-electron chi connectivity index (χ3n) is 3.53. The van der Waals surface area contributed by atoms with Gasteiger partial charge in [0.05, 0.1) is 11.2 Å². The van der Waals surface area contributed by atoms with E-state index in [0.717, 1.165) is 34.7 Å². The molecule has 118 valence electrons. The number of fused-ring (bicyclic) bond motifs is 1. The number of nitrogens with two attached hydrogens (primary N) is 1. The van der Waals surface area contributed by atoms with Crippen molar-refractivity contribution < 1.29 is 0 Å². The Balaban J connectivity index is 1.86. The molecule has 1 atom stereocenters. The summed E-state index contributed by atoms with van der Waals surface area (Å²) in [5, 5.41) is 4.49. The first-order chi connectivity index (χ1) is 11.3. The first-order valence-electron chi connectivity index (χ1n) is 7.73. The van der Waals surface area contributed by atoms with E-state index in [1.54, 1.807) is 18.6 Å². The predicted molar refractivity (Wildman–Crippen MR) is 91.1 cm³/mol. The number of benzene rings is 1. The number of aromatic nitrogens is 4. The van der Waals surface area contributed by atoms with Crippen molar-refractivity contribution in [2.24, 2.45) is 5.73 Å². The highest BCUT2D eigenvalue weighted by Gasteiger charge is 2.11. The van der Waals surface area contributed by atoms with Crippen molar-refractivity contribution in [3.8, 4) is 0 Å². The van der Waals surface area contributed by atoms with E-state index in [2.05, 4.69) is 32.2 Å². The minimum atomic E-state index is 0.177. The largest absolute Gasteiger partial charge is 0.367 e. The standard InChI is InChI=1S/C17H20N6/c1-12(10-13-11-19-8-9-20-13)21-17-14-4-2-3-5-15(14)22-16(23-17)6-7-18/h2-5,8-9,11-12H,6-7,10,18H2,1H3,(H,21,22,23). The molecule has 2 heterocycles. The van der Waals surface area contributed by atoms with E-state index in [0.29, 0.717) is 13.0 Å². The normalized spacial score (nSPS) is 12.3. The van der Waals surface area contributed by atoms with Crippen LogP contribution in [-0.2, 0) is 12.8 Å². The summed E-state index contributed by atoms with van der Waals surface area (Å²) in [5.41, 5.74) is 7.53. The van der Waals surface area contributed by atoms with Crippen LogP contribution < -0.4 is 11.1 Å². The quantitative estimate of drug-likeness (QED) is 0.723. The monoisotopic (exact) mass is 308 g/mol. The van der Waals surface area contributed by atoms with Crippen molar-refractivity contribution in [1.29, 1.82) is 0 Å². The van der Waals surface area contributed by atoms with Gasteiger partial charge in [0.2, 0.25) is 0 Å². The van der Waals surface area contributed by atoms with Crippen LogP contribution in [0.4, 0.5) is 5.82 Å². The smallest absolute Gasteiger partial charge is 0.137 e. The number of nitrogens with one attached hydrogen (secondary N) is 1. The summed E-state index contributed by atoms with van der Waals surface area (Å²) in [7, 11) is 0. The predicted octanol–water partition coefficient (Wildman–Crippen LogP) is 1.96. The van der Waals surface area contributed by atoms with Gasteiger partial charge < -0.3 is 11.1 Å². The lowest BCUT2D eigenvalue weighted by molar-refractivity contribution is 0.758. The highest BCUT2D eigenvalue weighted by molar-refractivity contribution is 5.89. The first-order valence-corrected chi connectivity index (χ1v) is 7.73. The Labute approximate surface area is 135 Å². The van der Waals surface area contributed by atoms with Crippen LogP contribution in [0.15, 0.2) is 42.9 Å². The zero-order valence-electron chi connectivity index (χ0n) is 13.1. The van der Waals surface area contributed by atoms with Crippen LogP contribution in [0.2, 0.25) is 0 Å². The van der Waals surface area contributed by atoms with E-state index >= 15 is 0 Å². The lowest BCUT2D eigenvalue weighted by atomic mass is 10.1. The molecule has 0 saturated carbocycles. The molecule has 23 heavy (non-hydrogen) atoms. The summed E-state index contributed by atoms with van der Waals surface area (Å²) in [4.78, 5) is 17.6. The second-order valence-electron chi connectivity index (χ2n) is 5.49.